The topological polar surface area (TPSA) is 54.5 Å². The third-order valence-electron chi connectivity index (χ3n) is 3.97. The van der Waals surface area contributed by atoms with Crippen molar-refractivity contribution in [3.05, 3.63) is 0 Å². The van der Waals surface area contributed by atoms with Crippen LogP contribution in [0.1, 0.15) is 46.0 Å². The molecular weight excluding hydrogens is 250 g/mol. The molecule has 1 heterocycles. The molecular formula is C13H23NO3S. The summed E-state index contributed by atoms with van der Waals surface area (Å²) >= 11 is 0. The van der Waals surface area contributed by atoms with Crippen molar-refractivity contribution in [2.75, 3.05) is 12.3 Å². The fraction of sp³-hybridized carbons (Fsp3) is 0.923. The van der Waals surface area contributed by atoms with Crippen LogP contribution in [0.4, 0.5) is 0 Å². The predicted molar refractivity (Wildman–Crippen MR) is 70.7 cm³/mol. The minimum atomic E-state index is -3.19. The van der Waals surface area contributed by atoms with Crippen molar-refractivity contribution < 1.29 is 13.2 Å². The first-order valence-corrected chi connectivity index (χ1v) is 8.55. The van der Waals surface area contributed by atoms with E-state index in [2.05, 4.69) is 0 Å². The van der Waals surface area contributed by atoms with E-state index in [0.717, 1.165) is 25.7 Å². The molecule has 1 saturated heterocycles. The third-order valence-corrected chi connectivity index (χ3v) is 6.22. The Morgan fingerprint density at radius 3 is 2.56 bits per heavy atom. The van der Waals surface area contributed by atoms with Gasteiger partial charge in [0, 0.05) is 24.9 Å². The predicted octanol–water partition coefficient (Wildman–Crippen LogP) is 1.81. The van der Waals surface area contributed by atoms with Gasteiger partial charge in [-0.1, -0.05) is 13.8 Å². The van der Waals surface area contributed by atoms with E-state index in [-0.39, 0.29) is 29.4 Å². The smallest absolute Gasteiger partial charge is 0.214 e. The molecule has 2 unspecified atom stereocenters. The Labute approximate surface area is 110 Å². The SMILES string of the molecule is CC(C)CS(=O)(=O)N1CCCC1C1CCCC1=O. The Morgan fingerprint density at radius 1 is 1.28 bits per heavy atom. The van der Waals surface area contributed by atoms with E-state index in [9.17, 15) is 13.2 Å². The average Bonchev–Trinajstić information content (AvgIpc) is 2.82. The quantitative estimate of drug-likeness (QED) is 0.785. The molecule has 104 valence electrons. The first-order chi connectivity index (χ1) is 8.42. The van der Waals surface area contributed by atoms with Gasteiger partial charge in [-0.25, -0.2) is 8.42 Å². The number of hydrogen-bond donors (Lipinski definition) is 0. The van der Waals surface area contributed by atoms with E-state index in [1.165, 1.54) is 0 Å². The number of carbonyl (C=O) groups is 1. The molecule has 2 rings (SSSR count). The Bertz CT molecular complexity index is 416. The summed E-state index contributed by atoms with van der Waals surface area (Å²) in [4.78, 5) is 11.8. The van der Waals surface area contributed by atoms with Gasteiger partial charge in [0.1, 0.15) is 5.78 Å². The molecule has 0 aromatic rings. The highest BCUT2D eigenvalue weighted by Gasteiger charge is 2.42. The molecule has 0 bridgehead atoms. The van der Waals surface area contributed by atoms with Gasteiger partial charge in [-0.15, -0.1) is 0 Å². The van der Waals surface area contributed by atoms with Gasteiger partial charge in [-0.2, -0.15) is 4.31 Å². The van der Waals surface area contributed by atoms with Crippen LogP contribution < -0.4 is 0 Å². The van der Waals surface area contributed by atoms with Gasteiger partial charge >= 0.3 is 0 Å². The second-order valence-electron chi connectivity index (χ2n) is 5.96. The van der Waals surface area contributed by atoms with Gasteiger partial charge in [0.2, 0.25) is 10.0 Å². The number of nitrogens with zero attached hydrogens (tertiary/aromatic N) is 1. The second-order valence-corrected chi connectivity index (χ2v) is 7.92. The van der Waals surface area contributed by atoms with Gasteiger partial charge in [0.05, 0.1) is 5.75 Å². The molecule has 0 spiro atoms. The lowest BCUT2D eigenvalue weighted by molar-refractivity contribution is -0.121. The summed E-state index contributed by atoms with van der Waals surface area (Å²) in [6, 6.07) is -0.0521. The van der Waals surface area contributed by atoms with Crippen molar-refractivity contribution in [1.29, 1.82) is 0 Å². The fourth-order valence-corrected chi connectivity index (χ4v) is 5.39. The van der Waals surface area contributed by atoms with Crippen LogP contribution in [0.2, 0.25) is 0 Å². The molecule has 5 heteroatoms. The zero-order valence-corrected chi connectivity index (χ0v) is 12.1. The lowest BCUT2D eigenvalue weighted by Crippen LogP contribution is -2.43. The van der Waals surface area contributed by atoms with E-state index in [1.807, 2.05) is 13.8 Å². The minimum absolute atomic E-state index is 0.0329. The van der Waals surface area contributed by atoms with Gasteiger partial charge in [0.15, 0.2) is 0 Å². The van der Waals surface area contributed by atoms with Crippen LogP contribution in [0.15, 0.2) is 0 Å². The number of ketones is 1. The number of hydrogen-bond acceptors (Lipinski definition) is 3. The van der Waals surface area contributed by atoms with Crippen LogP contribution in [0.25, 0.3) is 0 Å². The van der Waals surface area contributed by atoms with Gasteiger partial charge in [-0.3, -0.25) is 4.79 Å². The standard InChI is InChI=1S/C13H23NO3S/c1-10(2)9-18(16,17)14-8-4-6-12(14)11-5-3-7-13(11)15/h10-12H,3-9H2,1-2H3. The van der Waals surface area contributed by atoms with Crippen molar-refractivity contribution in [1.82, 2.24) is 4.31 Å². The summed E-state index contributed by atoms with van der Waals surface area (Å²) in [5.74, 6) is 0.571. The summed E-state index contributed by atoms with van der Waals surface area (Å²) in [6.45, 7) is 4.44. The van der Waals surface area contributed by atoms with Gasteiger partial charge in [-0.05, 0) is 31.6 Å². The Balaban J connectivity index is 2.14. The highest BCUT2D eigenvalue weighted by atomic mass is 32.2. The molecule has 4 nitrogen and oxygen atoms in total. The largest absolute Gasteiger partial charge is 0.299 e. The van der Waals surface area contributed by atoms with Crippen molar-refractivity contribution in [3.8, 4) is 0 Å². The van der Waals surface area contributed by atoms with Gasteiger partial charge < -0.3 is 0 Å². The Kier molecular flexibility index (Phi) is 4.11. The molecule has 0 radical (unpaired) electrons. The van der Waals surface area contributed by atoms with E-state index in [4.69, 9.17) is 0 Å². The molecule has 0 aromatic heterocycles. The highest BCUT2D eigenvalue weighted by molar-refractivity contribution is 7.89. The van der Waals surface area contributed by atoms with E-state index in [1.54, 1.807) is 4.31 Å². The van der Waals surface area contributed by atoms with E-state index >= 15 is 0 Å². The monoisotopic (exact) mass is 273 g/mol. The minimum Gasteiger partial charge on any atom is -0.299 e. The van der Waals surface area contributed by atoms with Crippen LogP contribution in [-0.4, -0.2) is 36.8 Å². The Hall–Kier alpha value is -0.420. The summed E-state index contributed by atoms with van der Waals surface area (Å²) in [6.07, 6.45) is 4.19. The number of carbonyl (C=O) groups excluding carboxylic acids is 1. The third kappa shape index (κ3) is 2.77. The van der Waals surface area contributed by atoms with Crippen molar-refractivity contribution in [3.63, 3.8) is 0 Å². The molecule has 2 fully saturated rings. The van der Waals surface area contributed by atoms with Crippen LogP contribution in [0, 0.1) is 11.8 Å². The first kappa shape index (κ1) is 14.0. The van der Waals surface area contributed by atoms with Crippen LogP contribution >= 0.6 is 0 Å². The summed E-state index contributed by atoms with van der Waals surface area (Å²) in [5.41, 5.74) is 0. The number of rotatable bonds is 4. The summed E-state index contributed by atoms with van der Waals surface area (Å²) < 4.78 is 26.3. The molecule has 1 aliphatic carbocycles. The van der Waals surface area contributed by atoms with E-state index < -0.39 is 10.0 Å². The number of sulfonamides is 1. The zero-order valence-electron chi connectivity index (χ0n) is 11.3. The molecule has 1 saturated carbocycles. The maximum absolute atomic E-state index is 12.3. The molecule has 2 aliphatic rings. The lowest BCUT2D eigenvalue weighted by Gasteiger charge is -2.28. The molecule has 2 atom stereocenters. The van der Waals surface area contributed by atoms with Gasteiger partial charge in [0.25, 0.3) is 0 Å². The van der Waals surface area contributed by atoms with Crippen molar-refractivity contribution >= 4 is 15.8 Å². The summed E-state index contributed by atoms with van der Waals surface area (Å²) in [7, 11) is -3.19. The lowest BCUT2D eigenvalue weighted by atomic mass is 9.96. The Morgan fingerprint density at radius 2 is 2.00 bits per heavy atom. The highest BCUT2D eigenvalue weighted by Crippen LogP contribution is 2.35. The maximum Gasteiger partial charge on any atom is 0.214 e. The molecule has 18 heavy (non-hydrogen) atoms. The molecule has 0 amide bonds. The maximum atomic E-state index is 12.3. The van der Waals surface area contributed by atoms with Crippen LogP contribution in [0.5, 0.6) is 0 Å². The van der Waals surface area contributed by atoms with Crippen molar-refractivity contribution in [2.24, 2.45) is 11.8 Å². The fourth-order valence-electron chi connectivity index (χ4n) is 3.28. The van der Waals surface area contributed by atoms with Crippen LogP contribution in [0.3, 0.4) is 0 Å². The first-order valence-electron chi connectivity index (χ1n) is 6.94. The number of Topliss-reactive ketones (excluding diaryl/α,β-unsaturated/α-hetero) is 1. The summed E-state index contributed by atoms with van der Waals surface area (Å²) in [5, 5.41) is 0. The average molecular weight is 273 g/mol. The van der Waals surface area contributed by atoms with Crippen LogP contribution in [-0.2, 0) is 14.8 Å². The molecule has 0 N–H and O–H groups in total. The van der Waals surface area contributed by atoms with E-state index in [0.29, 0.717) is 13.0 Å². The van der Waals surface area contributed by atoms with Crippen molar-refractivity contribution in [2.45, 2.75) is 52.0 Å². The normalized spacial score (nSPS) is 30.5. The second kappa shape index (κ2) is 5.29. The molecule has 0 aromatic carbocycles. The zero-order chi connectivity index (χ0) is 13.3. The molecule has 1 aliphatic heterocycles.